The molecule has 5 heteroatoms. The third kappa shape index (κ3) is 4.28. The molecule has 1 fully saturated rings. The number of rotatable bonds is 3. The minimum atomic E-state index is -0.308. The van der Waals surface area contributed by atoms with E-state index in [-0.39, 0.29) is 35.5 Å². The molecule has 0 aliphatic carbocycles. The molecule has 1 aliphatic heterocycles. The van der Waals surface area contributed by atoms with Crippen LogP contribution in [0.1, 0.15) is 32.8 Å². The number of carbonyl (C=O) groups is 2. The Labute approximate surface area is 124 Å². The highest BCUT2D eigenvalue weighted by molar-refractivity contribution is 5.89. The fourth-order valence-corrected chi connectivity index (χ4v) is 2.38. The van der Waals surface area contributed by atoms with Crippen LogP contribution in [-0.2, 0) is 16.1 Å². The van der Waals surface area contributed by atoms with E-state index in [0.717, 1.165) is 5.56 Å². The highest BCUT2D eigenvalue weighted by Gasteiger charge is 2.35. The number of carbonyl (C=O) groups excluding carboxylic acids is 2. The minimum absolute atomic E-state index is 0.0339. The van der Waals surface area contributed by atoms with Crippen LogP contribution in [0, 0.1) is 11.7 Å². The van der Waals surface area contributed by atoms with Gasteiger partial charge in [0.1, 0.15) is 5.82 Å². The molecule has 0 saturated carbocycles. The highest BCUT2D eigenvalue weighted by atomic mass is 19.1. The van der Waals surface area contributed by atoms with Crippen molar-refractivity contribution in [1.29, 1.82) is 0 Å². The van der Waals surface area contributed by atoms with Gasteiger partial charge >= 0.3 is 0 Å². The van der Waals surface area contributed by atoms with Crippen molar-refractivity contribution >= 4 is 11.8 Å². The molecule has 0 aromatic heterocycles. The van der Waals surface area contributed by atoms with Gasteiger partial charge in [0.05, 0.1) is 5.92 Å². The number of hydrogen-bond acceptors (Lipinski definition) is 2. The van der Waals surface area contributed by atoms with Gasteiger partial charge in [0.15, 0.2) is 0 Å². The zero-order valence-electron chi connectivity index (χ0n) is 12.6. The number of amides is 2. The van der Waals surface area contributed by atoms with Crippen LogP contribution in [0.4, 0.5) is 4.39 Å². The van der Waals surface area contributed by atoms with Crippen LogP contribution < -0.4 is 5.32 Å². The standard InChI is InChI=1S/C16H21FN2O2/c1-16(2,3)18-15(21)12-8-14(20)19(10-12)9-11-4-6-13(17)7-5-11/h4-7,12H,8-10H2,1-3H3,(H,18,21)/t12-/m0/s1. The molecule has 0 spiro atoms. The summed E-state index contributed by atoms with van der Waals surface area (Å²) in [6, 6.07) is 6.07. The number of benzene rings is 1. The second kappa shape index (κ2) is 5.84. The maximum Gasteiger partial charge on any atom is 0.225 e. The number of hydrogen-bond donors (Lipinski definition) is 1. The maximum atomic E-state index is 12.9. The van der Waals surface area contributed by atoms with Gasteiger partial charge in [-0.25, -0.2) is 4.39 Å². The molecule has 1 N–H and O–H groups in total. The zero-order chi connectivity index (χ0) is 15.6. The second-order valence-corrected chi connectivity index (χ2v) is 6.54. The fourth-order valence-electron chi connectivity index (χ4n) is 2.38. The van der Waals surface area contributed by atoms with Gasteiger partial charge in [-0.2, -0.15) is 0 Å². The smallest absolute Gasteiger partial charge is 0.225 e. The third-order valence-corrected chi connectivity index (χ3v) is 3.37. The maximum absolute atomic E-state index is 12.9. The molecule has 1 saturated heterocycles. The number of nitrogens with one attached hydrogen (secondary N) is 1. The molecule has 4 nitrogen and oxygen atoms in total. The fraction of sp³-hybridized carbons (Fsp3) is 0.500. The molecule has 1 aromatic rings. The van der Waals surface area contributed by atoms with E-state index in [1.165, 1.54) is 12.1 Å². The Bertz CT molecular complexity index is 534. The van der Waals surface area contributed by atoms with Crippen molar-refractivity contribution in [2.75, 3.05) is 6.54 Å². The van der Waals surface area contributed by atoms with Crippen molar-refractivity contribution in [3.05, 3.63) is 35.6 Å². The van der Waals surface area contributed by atoms with E-state index < -0.39 is 0 Å². The topological polar surface area (TPSA) is 49.4 Å². The number of likely N-dealkylation sites (tertiary alicyclic amines) is 1. The van der Waals surface area contributed by atoms with Gasteiger partial charge in [-0.05, 0) is 38.5 Å². The van der Waals surface area contributed by atoms with Gasteiger partial charge < -0.3 is 10.2 Å². The quantitative estimate of drug-likeness (QED) is 0.927. The summed E-state index contributed by atoms with van der Waals surface area (Å²) in [7, 11) is 0. The third-order valence-electron chi connectivity index (χ3n) is 3.37. The van der Waals surface area contributed by atoms with E-state index in [9.17, 15) is 14.0 Å². The first-order chi connectivity index (χ1) is 9.74. The van der Waals surface area contributed by atoms with Crippen LogP contribution >= 0.6 is 0 Å². The van der Waals surface area contributed by atoms with E-state index in [1.807, 2.05) is 20.8 Å². The summed E-state index contributed by atoms with van der Waals surface area (Å²) >= 11 is 0. The van der Waals surface area contributed by atoms with Gasteiger partial charge in [0, 0.05) is 25.0 Å². The Morgan fingerprint density at radius 2 is 1.95 bits per heavy atom. The Morgan fingerprint density at radius 3 is 2.52 bits per heavy atom. The van der Waals surface area contributed by atoms with E-state index in [4.69, 9.17) is 0 Å². The lowest BCUT2D eigenvalue weighted by Gasteiger charge is -2.23. The summed E-state index contributed by atoms with van der Waals surface area (Å²) in [5.41, 5.74) is 0.562. The molecule has 114 valence electrons. The van der Waals surface area contributed by atoms with Crippen LogP contribution in [0.2, 0.25) is 0 Å². The first-order valence-corrected chi connectivity index (χ1v) is 7.09. The molecule has 0 radical (unpaired) electrons. The Hall–Kier alpha value is -1.91. The van der Waals surface area contributed by atoms with Crippen molar-refractivity contribution < 1.29 is 14.0 Å². The molecular formula is C16H21FN2O2. The average Bonchev–Trinajstić information content (AvgIpc) is 2.72. The van der Waals surface area contributed by atoms with Gasteiger partial charge in [-0.3, -0.25) is 9.59 Å². The molecular weight excluding hydrogens is 271 g/mol. The first-order valence-electron chi connectivity index (χ1n) is 7.09. The van der Waals surface area contributed by atoms with E-state index in [2.05, 4.69) is 5.32 Å². The van der Waals surface area contributed by atoms with Crippen LogP contribution in [0.25, 0.3) is 0 Å². The Morgan fingerprint density at radius 1 is 1.33 bits per heavy atom. The summed E-state index contributed by atoms with van der Waals surface area (Å²) < 4.78 is 12.9. The second-order valence-electron chi connectivity index (χ2n) is 6.54. The van der Waals surface area contributed by atoms with E-state index in [1.54, 1.807) is 17.0 Å². The minimum Gasteiger partial charge on any atom is -0.351 e. The largest absolute Gasteiger partial charge is 0.351 e. The number of nitrogens with zero attached hydrogens (tertiary/aromatic N) is 1. The predicted octanol–water partition coefficient (Wildman–Crippen LogP) is 2.09. The highest BCUT2D eigenvalue weighted by Crippen LogP contribution is 2.21. The average molecular weight is 292 g/mol. The van der Waals surface area contributed by atoms with Gasteiger partial charge in [-0.1, -0.05) is 12.1 Å². The lowest BCUT2D eigenvalue weighted by atomic mass is 10.0. The molecule has 2 amide bonds. The predicted molar refractivity (Wildman–Crippen MR) is 77.8 cm³/mol. The summed E-state index contributed by atoms with van der Waals surface area (Å²) in [4.78, 5) is 25.8. The Kier molecular flexibility index (Phi) is 4.30. The summed E-state index contributed by atoms with van der Waals surface area (Å²) in [6.07, 6.45) is 0.239. The normalized spacial score (nSPS) is 19.0. The monoisotopic (exact) mass is 292 g/mol. The number of halogens is 1. The van der Waals surface area contributed by atoms with Crippen molar-refractivity contribution in [1.82, 2.24) is 10.2 Å². The van der Waals surface area contributed by atoms with Gasteiger partial charge in [-0.15, -0.1) is 0 Å². The SMILES string of the molecule is CC(C)(C)NC(=O)[C@H]1CC(=O)N(Cc2ccc(F)cc2)C1. The van der Waals surface area contributed by atoms with Crippen molar-refractivity contribution in [2.24, 2.45) is 5.92 Å². The van der Waals surface area contributed by atoms with E-state index >= 15 is 0 Å². The molecule has 1 aromatic carbocycles. The molecule has 0 unspecified atom stereocenters. The molecule has 1 atom stereocenters. The molecule has 1 aliphatic rings. The van der Waals surface area contributed by atoms with Crippen molar-refractivity contribution in [2.45, 2.75) is 39.3 Å². The van der Waals surface area contributed by atoms with Crippen LogP contribution in [0.15, 0.2) is 24.3 Å². The lowest BCUT2D eigenvalue weighted by molar-refractivity contribution is -0.129. The van der Waals surface area contributed by atoms with E-state index in [0.29, 0.717) is 13.1 Å². The summed E-state index contributed by atoms with van der Waals surface area (Å²) in [6.45, 7) is 6.57. The summed E-state index contributed by atoms with van der Waals surface area (Å²) in [5.74, 6) is -0.725. The molecule has 1 heterocycles. The molecule has 2 rings (SSSR count). The van der Waals surface area contributed by atoms with Crippen molar-refractivity contribution in [3.8, 4) is 0 Å². The first kappa shape index (κ1) is 15.5. The summed E-state index contributed by atoms with van der Waals surface area (Å²) in [5, 5.41) is 2.91. The van der Waals surface area contributed by atoms with Crippen LogP contribution in [0.3, 0.4) is 0 Å². The molecule has 0 bridgehead atoms. The zero-order valence-corrected chi connectivity index (χ0v) is 12.6. The lowest BCUT2D eigenvalue weighted by Crippen LogP contribution is -2.44. The van der Waals surface area contributed by atoms with Crippen LogP contribution in [-0.4, -0.2) is 28.8 Å². The van der Waals surface area contributed by atoms with Crippen LogP contribution in [0.5, 0.6) is 0 Å². The van der Waals surface area contributed by atoms with Gasteiger partial charge in [0.25, 0.3) is 0 Å². The van der Waals surface area contributed by atoms with Gasteiger partial charge in [0.2, 0.25) is 11.8 Å². The molecule has 21 heavy (non-hydrogen) atoms. The Balaban J connectivity index is 1.96. The van der Waals surface area contributed by atoms with Crippen molar-refractivity contribution in [3.63, 3.8) is 0 Å².